The summed E-state index contributed by atoms with van der Waals surface area (Å²) in [6.45, 7) is 9.20. The van der Waals surface area contributed by atoms with E-state index in [2.05, 4.69) is 62.4 Å². The Morgan fingerprint density at radius 1 is 1.14 bits per heavy atom. The van der Waals surface area contributed by atoms with E-state index >= 15 is 0 Å². The number of rotatable bonds is 6. The van der Waals surface area contributed by atoms with Crippen molar-refractivity contribution in [2.75, 3.05) is 0 Å². The molecule has 1 N–H and O–H groups in total. The normalized spacial score (nSPS) is 25.0. The third kappa shape index (κ3) is 4.55. The Balaban J connectivity index is 1.94. The van der Waals surface area contributed by atoms with Crippen molar-refractivity contribution >= 4 is 0 Å². The molecule has 3 atom stereocenters. The van der Waals surface area contributed by atoms with Gasteiger partial charge in [0.15, 0.2) is 0 Å². The van der Waals surface area contributed by atoms with Crippen LogP contribution >= 0.6 is 0 Å². The third-order valence-electron chi connectivity index (χ3n) is 4.83. The van der Waals surface area contributed by atoms with E-state index in [-0.39, 0.29) is 0 Å². The molecule has 0 saturated carbocycles. The Bertz CT molecular complexity index is 402. The molecule has 0 spiro atoms. The molecular weight excluding hydrogens is 256 g/mol. The van der Waals surface area contributed by atoms with Crippen molar-refractivity contribution in [3.63, 3.8) is 0 Å². The minimum Gasteiger partial charge on any atom is -0.247 e. The van der Waals surface area contributed by atoms with Gasteiger partial charge >= 0.3 is 0 Å². The van der Waals surface area contributed by atoms with E-state index < -0.39 is 0 Å². The first-order chi connectivity index (χ1) is 10.1. The van der Waals surface area contributed by atoms with E-state index in [4.69, 9.17) is 0 Å². The highest BCUT2D eigenvalue weighted by atomic mass is 15.5. The Morgan fingerprint density at radius 3 is 2.33 bits per heavy atom. The number of hydrogen-bond donors (Lipinski definition) is 1. The lowest BCUT2D eigenvalue weighted by atomic mass is 9.99. The predicted octanol–water partition coefficient (Wildman–Crippen LogP) is 4.86. The van der Waals surface area contributed by atoms with Crippen LogP contribution in [0.1, 0.15) is 77.0 Å². The smallest absolute Gasteiger partial charge is 0.0436 e. The van der Waals surface area contributed by atoms with Crippen LogP contribution in [0, 0.1) is 0 Å². The van der Waals surface area contributed by atoms with Gasteiger partial charge in [-0.25, -0.2) is 10.4 Å². The van der Waals surface area contributed by atoms with Gasteiger partial charge in [0.05, 0.1) is 0 Å². The molecule has 0 aliphatic carbocycles. The molecule has 1 saturated heterocycles. The van der Waals surface area contributed by atoms with Crippen LogP contribution in [0.15, 0.2) is 24.3 Å². The van der Waals surface area contributed by atoms with Crippen LogP contribution in [-0.4, -0.2) is 17.1 Å². The van der Waals surface area contributed by atoms with Crippen LogP contribution in [0.4, 0.5) is 0 Å². The quantitative estimate of drug-likeness (QED) is 0.804. The van der Waals surface area contributed by atoms with Gasteiger partial charge in [0, 0.05) is 18.1 Å². The first-order valence-corrected chi connectivity index (χ1v) is 8.75. The molecule has 0 amide bonds. The summed E-state index contributed by atoms with van der Waals surface area (Å²) in [6, 6.07) is 10.8. The van der Waals surface area contributed by atoms with Crippen LogP contribution in [0.25, 0.3) is 0 Å². The first-order valence-electron chi connectivity index (χ1n) is 8.75. The average molecular weight is 288 g/mol. The second-order valence-electron chi connectivity index (χ2n) is 6.73. The largest absolute Gasteiger partial charge is 0.247 e. The molecule has 0 radical (unpaired) electrons. The summed E-state index contributed by atoms with van der Waals surface area (Å²) < 4.78 is 0. The highest BCUT2D eigenvalue weighted by molar-refractivity contribution is 5.24. The Hall–Kier alpha value is -0.860. The van der Waals surface area contributed by atoms with Gasteiger partial charge in [-0.2, -0.15) is 0 Å². The van der Waals surface area contributed by atoms with Gasteiger partial charge in [-0.3, -0.25) is 0 Å². The molecule has 1 aliphatic heterocycles. The third-order valence-corrected chi connectivity index (χ3v) is 4.83. The van der Waals surface area contributed by atoms with Gasteiger partial charge in [-0.15, -0.1) is 0 Å². The molecular formula is C19H32N2. The van der Waals surface area contributed by atoms with Crippen LogP contribution in [0.3, 0.4) is 0 Å². The van der Waals surface area contributed by atoms with Crippen LogP contribution in [-0.2, 0) is 6.42 Å². The Kier molecular flexibility index (Phi) is 6.25. The molecule has 2 nitrogen and oxygen atoms in total. The van der Waals surface area contributed by atoms with Crippen molar-refractivity contribution < 1.29 is 0 Å². The molecule has 1 aromatic carbocycles. The molecule has 2 heteroatoms. The minimum atomic E-state index is 0.383. The van der Waals surface area contributed by atoms with Crippen molar-refractivity contribution in [3.8, 4) is 0 Å². The molecule has 1 aromatic rings. The number of aryl methyl sites for hydroxylation is 1. The van der Waals surface area contributed by atoms with Gasteiger partial charge in [0.2, 0.25) is 0 Å². The second kappa shape index (κ2) is 7.95. The summed E-state index contributed by atoms with van der Waals surface area (Å²) in [4.78, 5) is 0. The zero-order valence-corrected chi connectivity index (χ0v) is 14.2. The lowest BCUT2D eigenvalue weighted by Crippen LogP contribution is -2.52. The van der Waals surface area contributed by atoms with Gasteiger partial charge in [0.1, 0.15) is 0 Å². The van der Waals surface area contributed by atoms with E-state index in [1.807, 2.05) is 0 Å². The Morgan fingerprint density at radius 2 is 1.76 bits per heavy atom. The molecule has 0 aromatic heterocycles. The minimum absolute atomic E-state index is 0.383. The van der Waals surface area contributed by atoms with Gasteiger partial charge in [-0.05, 0) is 57.6 Å². The van der Waals surface area contributed by atoms with Crippen molar-refractivity contribution in [2.24, 2.45) is 0 Å². The monoisotopic (exact) mass is 288 g/mol. The van der Waals surface area contributed by atoms with Crippen LogP contribution in [0.2, 0.25) is 0 Å². The van der Waals surface area contributed by atoms with E-state index in [1.54, 1.807) is 0 Å². The fourth-order valence-electron chi connectivity index (χ4n) is 3.33. The lowest BCUT2D eigenvalue weighted by Gasteiger charge is -2.41. The SMILES string of the molecule is CCCCc1ccc(C(C)NN2C(C)CCCC2C)cc1. The molecule has 21 heavy (non-hydrogen) atoms. The predicted molar refractivity (Wildman–Crippen MR) is 91.2 cm³/mol. The molecule has 2 rings (SSSR count). The number of nitrogens with one attached hydrogen (secondary N) is 1. The van der Waals surface area contributed by atoms with Crippen molar-refractivity contribution in [3.05, 3.63) is 35.4 Å². The molecule has 3 unspecified atom stereocenters. The number of hydrogen-bond acceptors (Lipinski definition) is 2. The summed E-state index contributed by atoms with van der Waals surface area (Å²) in [5.74, 6) is 0. The summed E-state index contributed by atoms with van der Waals surface area (Å²) in [5, 5.41) is 2.47. The first kappa shape index (κ1) is 16.5. The van der Waals surface area contributed by atoms with Crippen molar-refractivity contribution in [2.45, 2.75) is 84.3 Å². The molecule has 1 fully saturated rings. The lowest BCUT2D eigenvalue weighted by molar-refractivity contribution is 0.0320. The summed E-state index contributed by atoms with van der Waals surface area (Å²) in [7, 11) is 0. The zero-order valence-electron chi connectivity index (χ0n) is 14.2. The van der Waals surface area contributed by atoms with E-state index in [0.717, 1.165) is 0 Å². The van der Waals surface area contributed by atoms with Crippen molar-refractivity contribution in [1.29, 1.82) is 0 Å². The highest BCUT2D eigenvalue weighted by Crippen LogP contribution is 2.23. The van der Waals surface area contributed by atoms with E-state index in [0.29, 0.717) is 18.1 Å². The number of nitrogens with zero attached hydrogens (tertiary/aromatic N) is 1. The number of benzene rings is 1. The van der Waals surface area contributed by atoms with Gasteiger partial charge < -0.3 is 0 Å². The highest BCUT2D eigenvalue weighted by Gasteiger charge is 2.25. The van der Waals surface area contributed by atoms with Gasteiger partial charge in [0.25, 0.3) is 0 Å². The second-order valence-corrected chi connectivity index (χ2v) is 6.73. The Labute approximate surface area is 130 Å². The standard InChI is InChI=1S/C19H32N2/c1-5-6-10-18-11-13-19(14-12-18)17(4)20-21-15(2)8-7-9-16(21)3/h11-17,20H,5-10H2,1-4H3. The fraction of sp³-hybridized carbons (Fsp3) is 0.684. The van der Waals surface area contributed by atoms with E-state index in [9.17, 15) is 0 Å². The van der Waals surface area contributed by atoms with E-state index in [1.165, 1.54) is 49.7 Å². The van der Waals surface area contributed by atoms with Crippen LogP contribution in [0.5, 0.6) is 0 Å². The summed E-state index contributed by atoms with van der Waals surface area (Å²) in [6.07, 6.45) is 7.74. The summed E-state index contributed by atoms with van der Waals surface area (Å²) in [5.41, 5.74) is 6.58. The maximum absolute atomic E-state index is 3.73. The molecule has 1 heterocycles. The topological polar surface area (TPSA) is 15.3 Å². The number of piperidine rings is 1. The van der Waals surface area contributed by atoms with Crippen LogP contribution < -0.4 is 5.43 Å². The van der Waals surface area contributed by atoms with Gasteiger partial charge in [-0.1, -0.05) is 44.0 Å². The number of unbranched alkanes of at least 4 members (excludes halogenated alkanes) is 1. The summed E-state index contributed by atoms with van der Waals surface area (Å²) >= 11 is 0. The molecule has 0 bridgehead atoms. The average Bonchev–Trinajstić information content (AvgIpc) is 2.49. The molecule has 118 valence electrons. The maximum atomic E-state index is 3.73. The maximum Gasteiger partial charge on any atom is 0.0436 e. The van der Waals surface area contributed by atoms with Crippen molar-refractivity contribution in [1.82, 2.24) is 10.4 Å². The molecule has 1 aliphatic rings. The zero-order chi connectivity index (χ0) is 15.2. The number of hydrazine groups is 1. The fourth-order valence-corrected chi connectivity index (χ4v) is 3.33.